The standard InChI is InChI=1S/C16H20N2O4S/c1-10-4-7-14(22-10)16(3,21)9-18-15(20)13-6-5-12(23-13)8-17-11(2)19/h4-7,21H,8-9H2,1-3H3,(H,17,19)(H,18,20). The van der Waals surface area contributed by atoms with Gasteiger partial charge in [0.2, 0.25) is 5.91 Å². The Kier molecular flexibility index (Phi) is 5.23. The molecule has 124 valence electrons. The smallest absolute Gasteiger partial charge is 0.261 e. The molecule has 0 saturated heterocycles. The van der Waals surface area contributed by atoms with Gasteiger partial charge in [0, 0.05) is 11.8 Å². The van der Waals surface area contributed by atoms with Crippen molar-refractivity contribution in [1.82, 2.24) is 10.6 Å². The predicted octanol–water partition coefficient (Wildman–Crippen LogP) is 1.92. The molecule has 0 aliphatic carbocycles. The predicted molar refractivity (Wildman–Crippen MR) is 87.2 cm³/mol. The maximum absolute atomic E-state index is 12.1. The summed E-state index contributed by atoms with van der Waals surface area (Å²) in [5.41, 5.74) is -1.28. The Bertz CT molecular complexity index is 703. The zero-order valence-electron chi connectivity index (χ0n) is 13.3. The second kappa shape index (κ2) is 6.97. The van der Waals surface area contributed by atoms with Crippen molar-refractivity contribution < 1.29 is 19.1 Å². The molecule has 0 aromatic carbocycles. The van der Waals surface area contributed by atoms with Gasteiger partial charge in [0.05, 0.1) is 18.0 Å². The molecule has 0 aliphatic rings. The lowest BCUT2D eigenvalue weighted by atomic mass is 10.0. The summed E-state index contributed by atoms with van der Waals surface area (Å²) in [4.78, 5) is 24.4. The van der Waals surface area contributed by atoms with Gasteiger partial charge in [0.1, 0.15) is 17.1 Å². The van der Waals surface area contributed by atoms with Gasteiger partial charge in [-0.2, -0.15) is 0 Å². The molecular formula is C16H20N2O4S. The van der Waals surface area contributed by atoms with Crippen LogP contribution in [-0.2, 0) is 16.9 Å². The molecule has 2 aromatic rings. The number of carbonyl (C=O) groups excluding carboxylic acids is 2. The van der Waals surface area contributed by atoms with Gasteiger partial charge in [-0.1, -0.05) is 0 Å². The minimum atomic E-state index is -1.28. The summed E-state index contributed by atoms with van der Waals surface area (Å²) >= 11 is 1.30. The summed E-state index contributed by atoms with van der Waals surface area (Å²) in [6, 6.07) is 6.95. The van der Waals surface area contributed by atoms with Gasteiger partial charge in [0.15, 0.2) is 0 Å². The maximum atomic E-state index is 12.1. The summed E-state index contributed by atoms with van der Waals surface area (Å²) in [6.07, 6.45) is 0. The largest absolute Gasteiger partial charge is 0.463 e. The summed E-state index contributed by atoms with van der Waals surface area (Å²) in [5, 5.41) is 15.8. The van der Waals surface area contributed by atoms with E-state index in [0.717, 1.165) is 4.88 Å². The van der Waals surface area contributed by atoms with Gasteiger partial charge in [-0.05, 0) is 38.1 Å². The fraction of sp³-hybridized carbons (Fsp3) is 0.375. The number of hydrogen-bond donors (Lipinski definition) is 3. The Labute approximate surface area is 138 Å². The van der Waals surface area contributed by atoms with Gasteiger partial charge in [0.25, 0.3) is 5.91 Å². The minimum absolute atomic E-state index is 0.0394. The summed E-state index contributed by atoms with van der Waals surface area (Å²) in [5.74, 6) is 0.724. The summed E-state index contributed by atoms with van der Waals surface area (Å²) in [7, 11) is 0. The van der Waals surface area contributed by atoms with E-state index < -0.39 is 5.60 Å². The number of aryl methyl sites for hydroxylation is 1. The molecule has 0 bridgehead atoms. The van der Waals surface area contributed by atoms with Crippen LogP contribution in [0.3, 0.4) is 0 Å². The fourth-order valence-electron chi connectivity index (χ4n) is 1.96. The Hall–Kier alpha value is -2.12. The van der Waals surface area contributed by atoms with E-state index in [4.69, 9.17) is 4.42 Å². The Morgan fingerprint density at radius 3 is 2.61 bits per heavy atom. The monoisotopic (exact) mass is 336 g/mol. The van der Waals surface area contributed by atoms with Gasteiger partial charge in [-0.3, -0.25) is 9.59 Å². The quantitative estimate of drug-likeness (QED) is 0.751. The van der Waals surface area contributed by atoms with Crippen molar-refractivity contribution >= 4 is 23.2 Å². The molecule has 1 atom stereocenters. The first-order valence-electron chi connectivity index (χ1n) is 7.18. The van der Waals surface area contributed by atoms with E-state index in [1.807, 2.05) is 0 Å². The number of nitrogens with one attached hydrogen (secondary N) is 2. The number of thiophene rings is 1. The molecule has 7 heteroatoms. The minimum Gasteiger partial charge on any atom is -0.463 e. The Balaban J connectivity index is 1.93. The van der Waals surface area contributed by atoms with Crippen molar-refractivity contribution in [1.29, 1.82) is 0 Å². The van der Waals surface area contributed by atoms with Crippen molar-refractivity contribution in [2.24, 2.45) is 0 Å². The number of amides is 2. The molecular weight excluding hydrogens is 316 g/mol. The molecule has 1 unspecified atom stereocenters. The van der Waals surface area contributed by atoms with Crippen LogP contribution in [0.25, 0.3) is 0 Å². The molecule has 0 saturated carbocycles. The van der Waals surface area contributed by atoms with Crippen molar-refractivity contribution in [2.75, 3.05) is 6.54 Å². The molecule has 0 fully saturated rings. The molecule has 2 rings (SSSR count). The van der Waals surface area contributed by atoms with Crippen molar-refractivity contribution in [3.8, 4) is 0 Å². The number of rotatable bonds is 6. The van der Waals surface area contributed by atoms with E-state index in [2.05, 4.69) is 10.6 Å². The van der Waals surface area contributed by atoms with Crippen LogP contribution >= 0.6 is 11.3 Å². The zero-order valence-corrected chi connectivity index (χ0v) is 14.1. The maximum Gasteiger partial charge on any atom is 0.261 e. The zero-order chi connectivity index (χ0) is 17.0. The molecule has 23 heavy (non-hydrogen) atoms. The lowest BCUT2D eigenvalue weighted by molar-refractivity contribution is -0.119. The van der Waals surface area contributed by atoms with Crippen LogP contribution in [0, 0.1) is 6.92 Å². The van der Waals surface area contributed by atoms with Crippen molar-refractivity contribution in [3.05, 3.63) is 45.5 Å². The number of carbonyl (C=O) groups is 2. The highest BCUT2D eigenvalue weighted by Gasteiger charge is 2.27. The van der Waals surface area contributed by atoms with E-state index in [0.29, 0.717) is 22.9 Å². The van der Waals surface area contributed by atoms with Crippen molar-refractivity contribution in [2.45, 2.75) is 32.9 Å². The molecule has 2 aromatic heterocycles. The van der Waals surface area contributed by atoms with E-state index >= 15 is 0 Å². The molecule has 3 N–H and O–H groups in total. The van der Waals surface area contributed by atoms with E-state index in [-0.39, 0.29) is 18.4 Å². The molecule has 6 nitrogen and oxygen atoms in total. The summed E-state index contributed by atoms with van der Waals surface area (Å²) in [6.45, 7) is 5.26. The van der Waals surface area contributed by atoms with E-state index in [9.17, 15) is 14.7 Å². The third-order valence-electron chi connectivity index (χ3n) is 3.26. The Morgan fingerprint density at radius 1 is 1.26 bits per heavy atom. The van der Waals surface area contributed by atoms with Crippen LogP contribution in [-0.4, -0.2) is 23.5 Å². The third-order valence-corrected chi connectivity index (χ3v) is 4.35. The topological polar surface area (TPSA) is 91.6 Å². The number of aliphatic hydroxyl groups is 1. The molecule has 0 spiro atoms. The average Bonchev–Trinajstić information content (AvgIpc) is 3.12. The van der Waals surface area contributed by atoms with Crippen LogP contribution in [0.4, 0.5) is 0 Å². The van der Waals surface area contributed by atoms with Gasteiger partial charge >= 0.3 is 0 Å². The first-order valence-corrected chi connectivity index (χ1v) is 8.00. The van der Waals surface area contributed by atoms with Crippen LogP contribution in [0.5, 0.6) is 0 Å². The second-order valence-electron chi connectivity index (χ2n) is 5.54. The highest BCUT2D eigenvalue weighted by Crippen LogP contribution is 2.22. The van der Waals surface area contributed by atoms with Crippen LogP contribution in [0.1, 0.15) is 39.9 Å². The van der Waals surface area contributed by atoms with Gasteiger partial charge in [-0.15, -0.1) is 11.3 Å². The number of hydrogen-bond acceptors (Lipinski definition) is 5. The van der Waals surface area contributed by atoms with Gasteiger partial charge in [-0.25, -0.2) is 0 Å². The average molecular weight is 336 g/mol. The molecule has 2 heterocycles. The number of furan rings is 1. The van der Waals surface area contributed by atoms with Crippen LogP contribution < -0.4 is 10.6 Å². The molecule has 0 radical (unpaired) electrons. The van der Waals surface area contributed by atoms with Crippen LogP contribution in [0.2, 0.25) is 0 Å². The second-order valence-corrected chi connectivity index (χ2v) is 6.71. The SMILES string of the molecule is CC(=O)NCc1ccc(C(=O)NCC(C)(O)c2ccc(C)o2)s1. The first-order chi connectivity index (χ1) is 10.8. The molecule has 2 amide bonds. The normalized spacial score (nSPS) is 13.4. The van der Waals surface area contributed by atoms with Crippen LogP contribution in [0.15, 0.2) is 28.7 Å². The Morgan fingerprint density at radius 2 is 2.00 bits per heavy atom. The highest BCUT2D eigenvalue weighted by atomic mass is 32.1. The third kappa shape index (κ3) is 4.67. The van der Waals surface area contributed by atoms with Crippen molar-refractivity contribution in [3.63, 3.8) is 0 Å². The first kappa shape index (κ1) is 17.2. The fourth-order valence-corrected chi connectivity index (χ4v) is 2.82. The lowest BCUT2D eigenvalue weighted by Gasteiger charge is -2.21. The molecule has 0 aliphatic heterocycles. The lowest BCUT2D eigenvalue weighted by Crippen LogP contribution is -2.38. The van der Waals surface area contributed by atoms with E-state index in [1.54, 1.807) is 38.1 Å². The summed E-state index contributed by atoms with van der Waals surface area (Å²) < 4.78 is 5.41. The van der Waals surface area contributed by atoms with E-state index in [1.165, 1.54) is 18.3 Å². The van der Waals surface area contributed by atoms with Gasteiger partial charge < -0.3 is 20.2 Å². The highest BCUT2D eigenvalue weighted by molar-refractivity contribution is 7.14.